The van der Waals surface area contributed by atoms with Gasteiger partial charge in [-0.2, -0.15) is 10.2 Å². The van der Waals surface area contributed by atoms with Crippen LogP contribution in [0.2, 0.25) is 0 Å². The van der Waals surface area contributed by atoms with Crippen LogP contribution >= 0.6 is 0 Å². The van der Waals surface area contributed by atoms with Crippen molar-refractivity contribution in [1.29, 1.82) is 0 Å². The van der Waals surface area contributed by atoms with Gasteiger partial charge in [-0.25, -0.2) is 4.98 Å². The minimum absolute atomic E-state index is 0.0730. The number of nitrogens with one attached hydrogen (secondary N) is 1. The fourth-order valence-corrected chi connectivity index (χ4v) is 5.80. The third-order valence-corrected chi connectivity index (χ3v) is 7.99. The molecule has 1 aliphatic carbocycles. The quantitative estimate of drug-likeness (QED) is 0.413. The number of piperazine rings is 1. The van der Waals surface area contributed by atoms with E-state index in [1.54, 1.807) is 0 Å². The first kappa shape index (κ1) is 23.7. The van der Waals surface area contributed by atoms with Crippen LogP contribution in [-0.4, -0.2) is 61.4 Å². The molecule has 4 aromatic rings. The molecule has 1 N–H and O–H groups in total. The van der Waals surface area contributed by atoms with E-state index in [1.807, 2.05) is 17.9 Å². The molecule has 1 atom stereocenters. The van der Waals surface area contributed by atoms with Crippen molar-refractivity contribution in [3.63, 3.8) is 0 Å². The number of nitrogens with zero attached hydrogens (tertiary/aromatic N) is 6. The first-order chi connectivity index (χ1) is 18.1. The zero-order chi connectivity index (χ0) is 25.4. The van der Waals surface area contributed by atoms with E-state index in [4.69, 9.17) is 5.10 Å². The number of anilines is 1. The lowest BCUT2D eigenvalue weighted by Gasteiger charge is -2.42. The van der Waals surface area contributed by atoms with E-state index >= 15 is 0 Å². The lowest BCUT2D eigenvalue weighted by atomic mass is 9.82. The Balaban J connectivity index is 1.27. The third-order valence-electron chi connectivity index (χ3n) is 7.99. The summed E-state index contributed by atoms with van der Waals surface area (Å²) in [4.78, 5) is 22.2. The summed E-state index contributed by atoms with van der Waals surface area (Å²) < 4.78 is 2.15. The number of H-pyrrole nitrogens is 1. The maximum atomic E-state index is 13.4. The molecule has 2 aromatic carbocycles. The molecule has 0 spiro atoms. The largest absolute Gasteiger partial charge is 0.368 e. The summed E-state index contributed by atoms with van der Waals surface area (Å²) in [6, 6.07) is 17.4. The molecule has 8 heteroatoms. The molecule has 0 radical (unpaired) electrons. The maximum absolute atomic E-state index is 13.4. The average molecular weight is 498 g/mol. The van der Waals surface area contributed by atoms with E-state index in [-0.39, 0.29) is 18.4 Å². The zero-order valence-corrected chi connectivity index (χ0v) is 21.7. The molecule has 2 fully saturated rings. The second-order valence-corrected chi connectivity index (χ2v) is 10.4. The summed E-state index contributed by atoms with van der Waals surface area (Å²) in [7, 11) is 0. The van der Waals surface area contributed by atoms with Crippen molar-refractivity contribution in [3.8, 4) is 0 Å². The highest BCUT2D eigenvalue weighted by Gasteiger charge is 2.32. The number of aromatic amines is 1. The van der Waals surface area contributed by atoms with Crippen LogP contribution < -0.4 is 4.90 Å². The van der Waals surface area contributed by atoms with E-state index in [0.717, 1.165) is 31.9 Å². The van der Waals surface area contributed by atoms with Crippen LogP contribution in [0, 0.1) is 6.92 Å². The highest BCUT2D eigenvalue weighted by molar-refractivity contribution is 5.86. The van der Waals surface area contributed by atoms with Gasteiger partial charge in [0.05, 0.1) is 23.7 Å². The Morgan fingerprint density at radius 1 is 1.11 bits per heavy atom. The van der Waals surface area contributed by atoms with Crippen molar-refractivity contribution in [1.82, 2.24) is 29.9 Å². The van der Waals surface area contributed by atoms with E-state index in [2.05, 4.69) is 74.2 Å². The van der Waals surface area contributed by atoms with Crippen LogP contribution in [-0.2, 0) is 24.2 Å². The molecule has 192 valence electrons. The van der Waals surface area contributed by atoms with E-state index in [9.17, 15) is 4.79 Å². The second kappa shape index (κ2) is 10.00. The molecule has 2 aliphatic rings. The zero-order valence-electron chi connectivity index (χ0n) is 21.7. The smallest absolute Gasteiger partial charge is 0.230 e. The Morgan fingerprint density at radius 3 is 2.65 bits per heavy atom. The summed E-state index contributed by atoms with van der Waals surface area (Å²) in [5.41, 5.74) is 4.96. The van der Waals surface area contributed by atoms with Crippen LogP contribution in [0.15, 0.2) is 48.5 Å². The molecule has 3 heterocycles. The SMILES string of the molecule is CCn1nc(C2CCC2)c2cc(N3CCN(C(=O)Cc4n[nH]c(C)n4)[C@@H](Cc4ccccc4)C3)ccc21. The van der Waals surface area contributed by atoms with Crippen molar-refractivity contribution in [3.05, 3.63) is 71.4 Å². The van der Waals surface area contributed by atoms with Gasteiger partial charge in [0.2, 0.25) is 5.91 Å². The number of fused-ring (bicyclic) bond motifs is 1. The van der Waals surface area contributed by atoms with Gasteiger partial charge in [-0.1, -0.05) is 36.8 Å². The third kappa shape index (κ3) is 4.72. The van der Waals surface area contributed by atoms with Gasteiger partial charge in [0.1, 0.15) is 5.82 Å². The molecule has 2 aromatic heterocycles. The molecule has 0 bridgehead atoms. The summed E-state index contributed by atoms with van der Waals surface area (Å²) in [6.07, 6.45) is 4.83. The Morgan fingerprint density at radius 2 is 1.95 bits per heavy atom. The fraction of sp³-hybridized carbons (Fsp3) is 0.448. The summed E-state index contributed by atoms with van der Waals surface area (Å²) in [5, 5.41) is 13.3. The fourth-order valence-electron chi connectivity index (χ4n) is 5.80. The van der Waals surface area contributed by atoms with Gasteiger partial charge < -0.3 is 9.80 Å². The summed E-state index contributed by atoms with van der Waals surface area (Å²) >= 11 is 0. The predicted octanol–water partition coefficient (Wildman–Crippen LogP) is 4.25. The van der Waals surface area contributed by atoms with Gasteiger partial charge in [-0.05, 0) is 56.9 Å². The Labute approximate surface area is 217 Å². The van der Waals surface area contributed by atoms with Gasteiger partial charge in [0.15, 0.2) is 5.82 Å². The Kier molecular flexibility index (Phi) is 6.40. The van der Waals surface area contributed by atoms with Crippen molar-refractivity contribution in [2.24, 2.45) is 0 Å². The summed E-state index contributed by atoms with van der Waals surface area (Å²) in [6.45, 7) is 7.18. The topological polar surface area (TPSA) is 82.9 Å². The van der Waals surface area contributed by atoms with Crippen molar-refractivity contribution >= 4 is 22.5 Å². The van der Waals surface area contributed by atoms with Crippen molar-refractivity contribution < 1.29 is 4.79 Å². The van der Waals surface area contributed by atoms with Crippen molar-refractivity contribution in [2.75, 3.05) is 24.5 Å². The second-order valence-electron chi connectivity index (χ2n) is 10.4. The number of rotatable bonds is 7. The lowest BCUT2D eigenvalue weighted by Crippen LogP contribution is -2.56. The van der Waals surface area contributed by atoms with E-state index in [1.165, 1.54) is 47.1 Å². The number of amides is 1. The molecule has 8 nitrogen and oxygen atoms in total. The van der Waals surface area contributed by atoms with E-state index < -0.39 is 0 Å². The number of benzene rings is 2. The summed E-state index contributed by atoms with van der Waals surface area (Å²) in [5.74, 6) is 1.97. The van der Waals surface area contributed by atoms with Gasteiger partial charge in [0.25, 0.3) is 0 Å². The number of hydrogen-bond donors (Lipinski definition) is 1. The highest BCUT2D eigenvalue weighted by atomic mass is 16.2. The number of aryl methyl sites for hydroxylation is 2. The molecule has 0 unspecified atom stereocenters. The first-order valence-electron chi connectivity index (χ1n) is 13.6. The highest BCUT2D eigenvalue weighted by Crippen LogP contribution is 2.40. The normalized spacial score (nSPS) is 18.4. The molecule has 1 aliphatic heterocycles. The van der Waals surface area contributed by atoms with Gasteiger partial charge in [-0.15, -0.1) is 0 Å². The van der Waals surface area contributed by atoms with Gasteiger partial charge in [-0.3, -0.25) is 14.6 Å². The molecular formula is C29H35N7O. The standard InChI is InChI=1S/C29H35N7O/c1-3-36-26-13-12-23(17-25(26)29(33-36)22-10-7-11-22)34-14-15-35(28(37)18-27-30-20(2)31-32-27)24(19-34)16-21-8-5-4-6-9-21/h4-6,8-9,12-13,17,22,24H,3,7,10-11,14-16,18-19H2,1-2H3,(H,30,31,32)/t24-/m0/s1. The molecule has 6 rings (SSSR count). The van der Waals surface area contributed by atoms with Gasteiger partial charge in [0, 0.05) is 43.2 Å². The van der Waals surface area contributed by atoms with Crippen molar-refractivity contribution in [2.45, 2.75) is 64.5 Å². The number of hydrogen-bond acceptors (Lipinski definition) is 5. The Bertz CT molecular complexity index is 1390. The number of carbonyl (C=O) groups excluding carboxylic acids is 1. The molecule has 1 saturated heterocycles. The van der Waals surface area contributed by atoms with E-state index in [0.29, 0.717) is 18.3 Å². The maximum Gasteiger partial charge on any atom is 0.230 e. The van der Waals surface area contributed by atoms with Crippen LogP contribution in [0.4, 0.5) is 5.69 Å². The first-order valence-corrected chi connectivity index (χ1v) is 13.6. The predicted molar refractivity (Wildman–Crippen MR) is 145 cm³/mol. The molecular weight excluding hydrogens is 462 g/mol. The van der Waals surface area contributed by atoms with Crippen LogP contribution in [0.5, 0.6) is 0 Å². The molecule has 1 amide bonds. The van der Waals surface area contributed by atoms with Crippen LogP contribution in [0.1, 0.15) is 55.0 Å². The average Bonchev–Trinajstić information content (AvgIpc) is 3.46. The minimum Gasteiger partial charge on any atom is -0.368 e. The van der Waals surface area contributed by atoms with Gasteiger partial charge >= 0.3 is 0 Å². The number of carbonyl (C=O) groups is 1. The molecule has 1 saturated carbocycles. The van der Waals surface area contributed by atoms with Crippen LogP contribution in [0.3, 0.4) is 0 Å². The number of aromatic nitrogens is 5. The Hall–Kier alpha value is -3.68. The van der Waals surface area contributed by atoms with Crippen LogP contribution in [0.25, 0.3) is 10.9 Å². The lowest BCUT2D eigenvalue weighted by molar-refractivity contribution is -0.133. The molecule has 37 heavy (non-hydrogen) atoms. The monoisotopic (exact) mass is 497 g/mol. The minimum atomic E-state index is 0.0730.